The number of pyridine rings is 1. The molecule has 3 atom stereocenters. The molecule has 5 nitrogen and oxygen atoms in total. The van der Waals surface area contributed by atoms with Crippen LogP contribution < -0.4 is 10.5 Å². The molecule has 4 heterocycles. The van der Waals surface area contributed by atoms with E-state index >= 15 is 0 Å². The van der Waals surface area contributed by atoms with Crippen LogP contribution in [0.25, 0.3) is 10.6 Å². The Hall–Kier alpha value is -2.47. The number of hydrogen-bond acceptors (Lipinski definition) is 5. The van der Waals surface area contributed by atoms with Gasteiger partial charge in [-0.25, -0.2) is 0 Å². The Balaban J connectivity index is 1.48. The maximum atomic E-state index is 12.6. The number of nitrogens with zero attached hydrogens (tertiary/aromatic N) is 4. The predicted octanol–water partition coefficient (Wildman–Crippen LogP) is 4.33. The molecule has 5 rings (SSSR count). The highest BCUT2D eigenvalue weighted by atomic mass is 32.1. The quantitative estimate of drug-likeness (QED) is 0.663. The monoisotopic (exact) mass is 392 g/mol. The van der Waals surface area contributed by atoms with Crippen molar-refractivity contribution in [3.63, 3.8) is 0 Å². The summed E-state index contributed by atoms with van der Waals surface area (Å²) in [7, 11) is 0. The molecule has 0 N–H and O–H groups in total. The second-order valence-electron chi connectivity index (χ2n) is 7.87. The molecule has 3 aromatic rings. The summed E-state index contributed by atoms with van der Waals surface area (Å²) in [5.41, 5.74) is 2.46. The summed E-state index contributed by atoms with van der Waals surface area (Å²) in [5.74, 6) is 0.861. The zero-order valence-electron chi connectivity index (χ0n) is 16.0. The summed E-state index contributed by atoms with van der Waals surface area (Å²) in [6, 6.07) is 16.3. The lowest BCUT2D eigenvalue weighted by Gasteiger charge is -2.47. The van der Waals surface area contributed by atoms with E-state index in [9.17, 15) is 4.79 Å². The Morgan fingerprint density at radius 1 is 1.07 bits per heavy atom. The van der Waals surface area contributed by atoms with E-state index in [1.807, 2.05) is 24.3 Å². The molecule has 1 fully saturated rings. The lowest BCUT2D eigenvalue weighted by molar-refractivity contribution is 0.201. The Kier molecular flexibility index (Phi) is 4.51. The van der Waals surface area contributed by atoms with Gasteiger partial charge in [0.2, 0.25) is 5.13 Å². The van der Waals surface area contributed by atoms with Crippen LogP contribution in [0.3, 0.4) is 0 Å². The van der Waals surface area contributed by atoms with Gasteiger partial charge >= 0.3 is 0 Å². The third kappa shape index (κ3) is 2.96. The molecule has 6 heteroatoms. The van der Waals surface area contributed by atoms with Crippen molar-refractivity contribution in [3.05, 3.63) is 64.6 Å². The average Bonchev–Trinajstić information content (AvgIpc) is 3.22. The van der Waals surface area contributed by atoms with Gasteiger partial charge in [-0.3, -0.25) is 4.79 Å². The largest absolute Gasteiger partial charge is 0.346 e. The summed E-state index contributed by atoms with van der Waals surface area (Å²) in [6.45, 7) is 4.06. The van der Waals surface area contributed by atoms with Crippen molar-refractivity contribution in [2.24, 2.45) is 5.92 Å². The van der Waals surface area contributed by atoms with Crippen LogP contribution in [-0.4, -0.2) is 27.9 Å². The molecule has 2 aromatic heterocycles. The van der Waals surface area contributed by atoms with Gasteiger partial charge in [0.15, 0.2) is 0 Å². The number of benzene rings is 1. The van der Waals surface area contributed by atoms with Crippen molar-refractivity contribution in [2.45, 2.75) is 38.1 Å². The minimum absolute atomic E-state index is 0.154. The van der Waals surface area contributed by atoms with E-state index in [1.54, 1.807) is 17.4 Å². The van der Waals surface area contributed by atoms with E-state index < -0.39 is 0 Å². The molecule has 1 aromatic carbocycles. The molecule has 2 aliphatic rings. The van der Waals surface area contributed by atoms with E-state index in [4.69, 9.17) is 0 Å². The number of aromatic nitrogens is 3. The Morgan fingerprint density at radius 2 is 1.93 bits per heavy atom. The molecule has 2 bridgehead atoms. The molecule has 0 aliphatic carbocycles. The summed E-state index contributed by atoms with van der Waals surface area (Å²) in [4.78, 5) is 15.0. The van der Waals surface area contributed by atoms with Crippen molar-refractivity contribution in [3.8, 4) is 10.6 Å². The topological polar surface area (TPSA) is 51.0 Å². The molecule has 0 saturated carbocycles. The minimum atomic E-state index is 0.154. The lowest BCUT2D eigenvalue weighted by Crippen LogP contribution is -2.49. The fraction of sp³-hybridized carbons (Fsp3) is 0.409. The summed E-state index contributed by atoms with van der Waals surface area (Å²) in [6.07, 6.45) is 3.30. The van der Waals surface area contributed by atoms with Crippen LogP contribution in [0.5, 0.6) is 0 Å². The van der Waals surface area contributed by atoms with Crippen LogP contribution in [0.2, 0.25) is 0 Å². The lowest BCUT2D eigenvalue weighted by atomic mass is 9.77. The highest BCUT2D eigenvalue weighted by Gasteiger charge is 2.40. The summed E-state index contributed by atoms with van der Waals surface area (Å²) >= 11 is 1.67. The Bertz CT molecular complexity index is 1030. The normalized spacial score (nSPS) is 23.5. The summed E-state index contributed by atoms with van der Waals surface area (Å²) in [5, 5.41) is 10.9. The number of anilines is 1. The molecular formula is C22H24N4OS. The third-order valence-electron chi connectivity index (χ3n) is 6.09. The SMILES string of the molecule is CCC[C@H]1[C@H]2C[C@H](CN(c3nnc(-c4ccccc4)s3)C2)c2cccc(=O)n21. The van der Waals surface area contributed by atoms with Gasteiger partial charge in [-0.1, -0.05) is 61.1 Å². The van der Waals surface area contributed by atoms with E-state index in [2.05, 4.69) is 44.8 Å². The molecule has 0 amide bonds. The smallest absolute Gasteiger partial charge is 0.250 e. The first-order valence-corrected chi connectivity index (χ1v) is 10.9. The Morgan fingerprint density at radius 3 is 2.75 bits per heavy atom. The number of piperidine rings is 1. The van der Waals surface area contributed by atoms with Crippen LogP contribution in [0.1, 0.15) is 43.8 Å². The fourth-order valence-electron chi connectivity index (χ4n) is 4.90. The van der Waals surface area contributed by atoms with Gasteiger partial charge in [0, 0.05) is 42.4 Å². The molecule has 1 saturated heterocycles. The van der Waals surface area contributed by atoms with Gasteiger partial charge in [-0.2, -0.15) is 0 Å². The van der Waals surface area contributed by atoms with Crippen LogP contribution in [-0.2, 0) is 0 Å². The maximum Gasteiger partial charge on any atom is 0.250 e. The number of rotatable bonds is 4. The fourth-order valence-corrected chi connectivity index (χ4v) is 5.77. The van der Waals surface area contributed by atoms with Crippen molar-refractivity contribution >= 4 is 16.5 Å². The van der Waals surface area contributed by atoms with Crippen LogP contribution in [0, 0.1) is 5.92 Å². The average molecular weight is 393 g/mol. The molecule has 0 radical (unpaired) electrons. The van der Waals surface area contributed by atoms with E-state index in [1.165, 1.54) is 5.69 Å². The van der Waals surface area contributed by atoms with Crippen LogP contribution in [0.4, 0.5) is 5.13 Å². The third-order valence-corrected chi connectivity index (χ3v) is 7.12. The highest BCUT2D eigenvalue weighted by molar-refractivity contribution is 7.18. The van der Waals surface area contributed by atoms with E-state index in [0.717, 1.165) is 48.1 Å². The zero-order chi connectivity index (χ0) is 19.1. The predicted molar refractivity (Wildman–Crippen MR) is 113 cm³/mol. The van der Waals surface area contributed by atoms with Crippen LogP contribution in [0.15, 0.2) is 53.3 Å². The highest BCUT2D eigenvalue weighted by Crippen LogP contribution is 2.44. The van der Waals surface area contributed by atoms with Crippen molar-refractivity contribution in [2.75, 3.05) is 18.0 Å². The zero-order valence-corrected chi connectivity index (χ0v) is 16.8. The summed E-state index contributed by atoms with van der Waals surface area (Å²) < 4.78 is 2.09. The molecule has 2 aliphatic heterocycles. The number of hydrogen-bond donors (Lipinski definition) is 0. The molecule has 28 heavy (non-hydrogen) atoms. The molecular weight excluding hydrogens is 368 g/mol. The standard InChI is InChI=1S/C22H24N4OS/c1-2-7-18-16-12-17(19-10-6-11-20(27)26(18)19)14-25(13-16)22-24-23-21(28-22)15-8-4-3-5-9-15/h3-6,8-11,16-18H,2,7,12-14H2,1H3/t16-,17+,18-/m0/s1. The second kappa shape index (κ2) is 7.17. The van der Waals surface area contributed by atoms with Crippen molar-refractivity contribution in [1.29, 1.82) is 0 Å². The number of fused-ring (bicyclic) bond motifs is 4. The van der Waals surface area contributed by atoms with Gasteiger partial charge in [0.25, 0.3) is 5.56 Å². The molecule has 0 spiro atoms. The second-order valence-corrected chi connectivity index (χ2v) is 8.82. The van der Waals surface area contributed by atoms with Gasteiger partial charge in [-0.15, -0.1) is 10.2 Å². The van der Waals surface area contributed by atoms with Crippen LogP contribution >= 0.6 is 11.3 Å². The van der Waals surface area contributed by atoms with Gasteiger partial charge in [0.1, 0.15) is 5.01 Å². The maximum absolute atomic E-state index is 12.6. The Labute approximate surface area is 168 Å². The van der Waals surface area contributed by atoms with Crippen molar-refractivity contribution in [1.82, 2.24) is 14.8 Å². The van der Waals surface area contributed by atoms with Gasteiger partial charge in [0.05, 0.1) is 0 Å². The van der Waals surface area contributed by atoms with E-state index in [-0.39, 0.29) is 11.6 Å². The molecule has 144 valence electrons. The van der Waals surface area contributed by atoms with Gasteiger partial charge < -0.3 is 9.47 Å². The minimum Gasteiger partial charge on any atom is -0.346 e. The first-order chi connectivity index (χ1) is 13.7. The molecule has 0 unspecified atom stereocenters. The van der Waals surface area contributed by atoms with E-state index in [0.29, 0.717) is 11.8 Å². The van der Waals surface area contributed by atoms with Crippen molar-refractivity contribution < 1.29 is 0 Å². The first-order valence-electron chi connectivity index (χ1n) is 10.1. The van der Waals surface area contributed by atoms with Gasteiger partial charge in [-0.05, 0) is 24.8 Å². The first kappa shape index (κ1) is 17.6.